The van der Waals surface area contributed by atoms with Crippen LogP contribution in [0.3, 0.4) is 0 Å². The molecule has 4 nitrogen and oxygen atoms in total. The van der Waals surface area contributed by atoms with Crippen molar-refractivity contribution >= 4 is 23.6 Å². The number of carbonyl (C=O) groups is 2. The van der Waals surface area contributed by atoms with Crippen molar-refractivity contribution in [2.45, 2.75) is 26.0 Å². The molecule has 1 aromatic rings. The van der Waals surface area contributed by atoms with Crippen LogP contribution in [0.4, 0.5) is 0 Å². The van der Waals surface area contributed by atoms with Crippen molar-refractivity contribution in [1.29, 1.82) is 0 Å². The molecule has 22 heavy (non-hydrogen) atoms. The summed E-state index contributed by atoms with van der Waals surface area (Å²) in [7, 11) is 1.36. The number of thioether (sulfide) groups is 1. The van der Waals surface area contributed by atoms with E-state index in [1.807, 2.05) is 24.3 Å². The fourth-order valence-electron chi connectivity index (χ4n) is 2.14. The Morgan fingerprint density at radius 1 is 1.23 bits per heavy atom. The third kappa shape index (κ3) is 6.10. The van der Waals surface area contributed by atoms with Crippen molar-refractivity contribution in [3.63, 3.8) is 0 Å². The van der Waals surface area contributed by atoms with E-state index in [-0.39, 0.29) is 18.3 Å². The van der Waals surface area contributed by atoms with E-state index in [2.05, 4.69) is 24.8 Å². The van der Waals surface area contributed by atoms with E-state index in [4.69, 9.17) is 0 Å². The molecule has 0 unspecified atom stereocenters. The van der Waals surface area contributed by atoms with Gasteiger partial charge in [-0.2, -0.15) is 11.8 Å². The van der Waals surface area contributed by atoms with Crippen LogP contribution in [0.15, 0.2) is 24.3 Å². The summed E-state index contributed by atoms with van der Waals surface area (Å²) >= 11 is 1.75. The summed E-state index contributed by atoms with van der Waals surface area (Å²) in [5.74, 6) is 0.953. The first-order valence-corrected chi connectivity index (χ1v) is 8.81. The molecule has 0 heterocycles. The summed E-state index contributed by atoms with van der Waals surface area (Å²) in [6.45, 7) is 5.12. The summed E-state index contributed by atoms with van der Waals surface area (Å²) < 4.78 is 4.65. The number of nitrogens with zero attached hydrogens (tertiary/aromatic N) is 1. The van der Waals surface area contributed by atoms with Crippen LogP contribution in [0, 0.1) is 5.92 Å². The molecule has 0 aliphatic heterocycles. The first kappa shape index (κ1) is 18.6. The van der Waals surface area contributed by atoms with E-state index in [0.717, 1.165) is 5.75 Å². The normalized spacial score (nSPS) is 10.6. The molecule has 0 atom stereocenters. The molecule has 0 saturated carbocycles. The molecular formula is C17H25NO3S. The Balaban J connectivity index is 2.78. The van der Waals surface area contributed by atoms with Crippen LogP contribution in [0.25, 0.3) is 0 Å². The summed E-state index contributed by atoms with van der Waals surface area (Å²) in [4.78, 5) is 25.7. The lowest BCUT2D eigenvalue weighted by Crippen LogP contribution is -2.36. The topological polar surface area (TPSA) is 46.6 Å². The van der Waals surface area contributed by atoms with Gasteiger partial charge in [0.05, 0.1) is 13.5 Å². The minimum absolute atomic E-state index is 0.0340. The maximum Gasteiger partial charge on any atom is 0.307 e. The Labute approximate surface area is 137 Å². The number of amides is 1. The van der Waals surface area contributed by atoms with Crippen LogP contribution in [0.5, 0.6) is 0 Å². The fraction of sp³-hybridized carbons (Fsp3) is 0.529. The van der Waals surface area contributed by atoms with Crippen molar-refractivity contribution in [1.82, 2.24) is 4.90 Å². The minimum atomic E-state index is -0.295. The van der Waals surface area contributed by atoms with Gasteiger partial charge in [0.25, 0.3) is 5.91 Å². The molecule has 122 valence electrons. The van der Waals surface area contributed by atoms with Crippen LogP contribution < -0.4 is 0 Å². The summed E-state index contributed by atoms with van der Waals surface area (Å²) in [6.07, 6.45) is 2.27. The van der Waals surface area contributed by atoms with Gasteiger partial charge in [0.2, 0.25) is 0 Å². The zero-order chi connectivity index (χ0) is 16.5. The van der Waals surface area contributed by atoms with Crippen molar-refractivity contribution in [3.8, 4) is 0 Å². The van der Waals surface area contributed by atoms with E-state index in [1.54, 1.807) is 16.7 Å². The highest BCUT2D eigenvalue weighted by atomic mass is 32.2. The van der Waals surface area contributed by atoms with Crippen molar-refractivity contribution < 1.29 is 14.3 Å². The van der Waals surface area contributed by atoms with Crippen molar-refractivity contribution in [2.75, 3.05) is 26.5 Å². The van der Waals surface area contributed by atoms with E-state index in [0.29, 0.717) is 24.6 Å². The lowest BCUT2D eigenvalue weighted by Gasteiger charge is -2.24. The van der Waals surface area contributed by atoms with Gasteiger partial charge in [-0.3, -0.25) is 9.59 Å². The summed E-state index contributed by atoms with van der Waals surface area (Å²) in [5, 5.41) is 0. The Hall–Kier alpha value is -1.49. The number of rotatable bonds is 8. The van der Waals surface area contributed by atoms with Gasteiger partial charge in [-0.15, -0.1) is 0 Å². The molecule has 0 radical (unpaired) electrons. The summed E-state index contributed by atoms with van der Waals surface area (Å²) in [6, 6.07) is 7.69. The second kappa shape index (κ2) is 9.51. The second-order valence-electron chi connectivity index (χ2n) is 5.60. The lowest BCUT2D eigenvalue weighted by atomic mass is 10.1. The zero-order valence-electron chi connectivity index (χ0n) is 13.8. The maximum atomic E-state index is 12.6. The molecule has 0 aliphatic carbocycles. The maximum absolute atomic E-state index is 12.6. The number of benzene rings is 1. The van der Waals surface area contributed by atoms with Crippen LogP contribution in [-0.2, 0) is 15.3 Å². The first-order valence-electron chi connectivity index (χ1n) is 7.42. The largest absolute Gasteiger partial charge is 0.469 e. The van der Waals surface area contributed by atoms with Crippen LogP contribution in [0.1, 0.15) is 36.2 Å². The number of carbonyl (C=O) groups excluding carboxylic acids is 2. The highest BCUT2D eigenvalue weighted by Gasteiger charge is 2.18. The van der Waals surface area contributed by atoms with Gasteiger partial charge in [-0.1, -0.05) is 26.0 Å². The number of esters is 1. The van der Waals surface area contributed by atoms with Gasteiger partial charge in [0, 0.05) is 24.4 Å². The Morgan fingerprint density at radius 2 is 1.86 bits per heavy atom. The standard InChI is InChI=1S/C17H25NO3S/c1-13(2)11-18(10-9-16(19)21-3)17(20)15-7-5-14(6-8-15)12-22-4/h5-8,13H,9-12H2,1-4H3. The highest BCUT2D eigenvalue weighted by Crippen LogP contribution is 2.13. The number of hydrogen-bond acceptors (Lipinski definition) is 4. The minimum Gasteiger partial charge on any atom is -0.469 e. The second-order valence-corrected chi connectivity index (χ2v) is 6.47. The van der Waals surface area contributed by atoms with Gasteiger partial charge >= 0.3 is 5.97 Å². The van der Waals surface area contributed by atoms with Crippen molar-refractivity contribution in [2.24, 2.45) is 5.92 Å². The molecule has 0 saturated heterocycles. The van der Waals surface area contributed by atoms with E-state index < -0.39 is 0 Å². The molecular weight excluding hydrogens is 298 g/mol. The van der Waals surface area contributed by atoms with E-state index >= 15 is 0 Å². The molecule has 0 fully saturated rings. The SMILES string of the molecule is COC(=O)CCN(CC(C)C)C(=O)c1ccc(CSC)cc1. The van der Waals surface area contributed by atoms with Gasteiger partial charge in [0.1, 0.15) is 0 Å². The molecule has 1 aromatic carbocycles. The summed E-state index contributed by atoms with van der Waals surface area (Å²) in [5.41, 5.74) is 1.87. The van der Waals surface area contributed by atoms with Gasteiger partial charge in [0.15, 0.2) is 0 Å². The first-order chi connectivity index (χ1) is 10.5. The van der Waals surface area contributed by atoms with Gasteiger partial charge in [-0.05, 0) is 29.9 Å². The fourth-order valence-corrected chi connectivity index (χ4v) is 2.66. The van der Waals surface area contributed by atoms with Crippen molar-refractivity contribution in [3.05, 3.63) is 35.4 Å². The van der Waals surface area contributed by atoms with E-state index in [9.17, 15) is 9.59 Å². The predicted molar refractivity (Wildman–Crippen MR) is 91.0 cm³/mol. The van der Waals surface area contributed by atoms with Crippen LogP contribution in [0.2, 0.25) is 0 Å². The third-order valence-corrected chi connectivity index (χ3v) is 3.82. The third-order valence-electron chi connectivity index (χ3n) is 3.20. The molecule has 0 bridgehead atoms. The number of ether oxygens (including phenoxy) is 1. The van der Waals surface area contributed by atoms with E-state index in [1.165, 1.54) is 12.7 Å². The Kier molecular flexibility index (Phi) is 8.02. The molecule has 1 amide bonds. The highest BCUT2D eigenvalue weighted by molar-refractivity contribution is 7.97. The zero-order valence-corrected chi connectivity index (χ0v) is 14.6. The average molecular weight is 323 g/mol. The number of methoxy groups -OCH3 is 1. The van der Waals surface area contributed by atoms with Crippen LogP contribution in [-0.4, -0.2) is 43.2 Å². The number of hydrogen-bond donors (Lipinski definition) is 0. The smallest absolute Gasteiger partial charge is 0.307 e. The average Bonchev–Trinajstić information content (AvgIpc) is 2.51. The van der Waals surface area contributed by atoms with Gasteiger partial charge < -0.3 is 9.64 Å². The molecule has 1 rings (SSSR count). The van der Waals surface area contributed by atoms with Gasteiger partial charge in [-0.25, -0.2) is 0 Å². The Morgan fingerprint density at radius 3 is 2.36 bits per heavy atom. The lowest BCUT2D eigenvalue weighted by molar-refractivity contribution is -0.140. The molecule has 0 spiro atoms. The quantitative estimate of drug-likeness (QED) is 0.689. The van der Waals surface area contributed by atoms with Crippen LogP contribution >= 0.6 is 11.8 Å². The monoisotopic (exact) mass is 323 g/mol. The Bertz CT molecular complexity index is 485. The molecule has 0 aliphatic rings. The molecule has 0 N–H and O–H groups in total. The molecule has 0 aromatic heterocycles. The predicted octanol–water partition coefficient (Wildman–Crippen LogP) is 3.21. The molecule has 5 heteroatoms.